The number of hydrogen-bond donors (Lipinski definition) is 1. The Hall–Kier alpha value is -2.84. The molecule has 0 saturated carbocycles. The van der Waals surface area contributed by atoms with E-state index in [9.17, 15) is 9.59 Å². The van der Waals surface area contributed by atoms with Crippen molar-refractivity contribution in [1.29, 1.82) is 0 Å². The van der Waals surface area contributed by atoms with Gasteiger partial charge in [0.15, 0.2) is 0 Å². The first kappa shape index (κ1) is 20.9. The molecule has 3 rings (SSSR count). The molecule has 2 amide bonds. The van der Waals surface area contributed by atoms with E-state index in [1.807, 2.05) is 31.2 Å². The van der Waals surface area contributed by atoms with Gasteiger partial charge in [0, 0.05) is 23.3 Å². The van der Waals surface area contributed by atoms with E-state index in [2.05, 4.69) is 15.5 Å². The van der Waals surface area contributed by atoms with Crippen molar-refractivity contribution in [1.82, 2.24) is 15.1 Å². The van der Waals surface area contributed by atoms with Crippen LogP contribution < -0.4 is 5.32 Å². The molecule has 1 heterocycles. The highest BCUT2D eigenvalue weighted by Crippen LogP contribution is 2.25. The van der Waals surface area contributed by atoms with Crippen LogP contribution in [0.25, 0.3) is 11.5 Å². The molecule has 0 aliphatic heterocycles. The zero-order valence-corrected chi connectivity index (χ0v) is 17.5. The van der Waals surface area contributed by atoms with E-state index in [0.717, 1.165) is 17.3 Å². The van der Waals surface area contributed by atoms with Gasteiger partial charge in [-0.2, -0.15) is 0 Å². The number of amides is 2. The molecule has 0 aliphatic rings. The predicted octanol–water partition coefficient (Wildman–Crippen LogP) is 3.89. The van der Waals surface area contributed by atoms with E-state index in [4.69, 9.17) is 16.0 Å². The molecule has 0 spiro atoms. The van der Waals surface area contributed by atoms with E-state index in [-0.39, 0.29) is 29.3 Å². The molecular weight excluding hydrogens is 412 g/mol. The van der Waals surface area contributed by atoms with Crippen LogP contribution in [0.2, 0.25) is 5.02 Å². The molecule has 9 heteroatoms. The van der Waals surface area contributed by atoms with Crippen molar-refractivity contribution in [2.75, 3.05) is 24.7 Å². The third-order valence-electron chi connectivity index (χ3n) is 3.94. The standard InChI is InChI=1S/C20H19ClN4O3S/c1-13-6-8-16(9-7-13)22-17(26)11-25(2)18(27)12-29-20-24-23-19(28-20)14-4-3-5-15(21)10-14/h3-10H,11-12H2,1-2H3,(H,22,26). The molecule has 0 bridgehead atoms. The summed E-state index contributed by atoms with van der Waals surface area (Å²) in [6, 6.07) is 14.5. The molecule has 29 heavy (non-hydrogen) atoms. The maximum Gasteiger partial charge on any atom is 0.277 e. The number of hydrogen-bond acceptors (Lipinski definition) is 6. The Balaban J connectivity index is 1.48. The molecule has 150 valence electrons. The number of benzene rings is 2. The Labute approximate surface area is 177 Å². The predicted molar refractivity (Wildman–Crippen MR) is 113 cm³/mol. The van der Waals surface area contributed by atoms with Gasteiger partial charge in [0.25, 0.3) is 5.22 Å². The molecule has 0 fully saturated rings. The number of nitrogens with one attached hydrogen (secondary N) is 1. The number of thioether (sulfide) groups is 1. The van der Waals surface area contributed by atoms with Crippen LogP contribution in [0, 0.1) is 6.92 Å². The van der Waals surface area contributed by atoms with E-state index in [1.54, 1.807) is 31.3 Å². The van der Waals surface area contributed by atoms with Crippen molar-refractivity contribution in [3.63, 3.8) is 0 Å². The lowest BCUT2D eigenvalue weighted by Gasteiger charge is -2.16. The highest BCUT2D eigenvalue weighted by molar-refractivity contribution is 7.99. The minimum Gasteiger partial charge on any atom is -0.411 e. The Morgan fingerprint density at radius 3 is 2.66 bits per heavy atom. The Bertz CT molecular complexity index is 1010. The molecule has 3 aromatic rings. The minimum absolute atomic E-state index is 0.0507. The number of aryl methyl sites for hydroxylation is 1. The number of halogens is 1. The van der Waals surface area contributed by atoms with Crippen molar-refractivity contribution >= 4 is 40.9 Å². The molecule has 7 nitrogen and oxygen atoms in total. The van der Waals surface area contributed by atoms with E-state index >= 15 is 0 Å². The lowest BCUT2D eigenvalue weighted by molar-refractivity contribution is -0.131. The van der Waals surface area contributed by atoms with Crippen LogP contribution in [0.4, 0.5) is 5.69 Å². The van der Waals surface area contributed by atoms with Crippen LogP contribution in [-0.4, -0.2) is 46.3 Å². The quantitative estimate of drug-likeness (QED) is 0.572. The molecule has 0 saturated heterocycles. The Morgan fingerprint density at radius 2 is 1.93 bits per heavy atom. The highest BCUT2D eigenvalue weighted by Gasteiger charge is 2.16. The fourth-order valence-corrected chi connectivity index (χ4v) is 3.27. The van der Waals surface area contributed by atoms with E-state index < -0.39 is 0 Å². The van der Waals surface area contributed by atoms with Crippen LogP contribution in [0.3, 0.4) is 0 Å². The fourth-order valence-electron chi connectivity index (χ4n) is 2.38. The molecule has 0 aliphatic carbocycles. The van der Waals surface area contributed by atoms with Gasteiger partial charge in [0.2, 0.25) is 17.7 Å². The van der Waals surface area contributed by atoms with Crippen LogP contribution >= 0.6 is 23.4 Å². The van der Waals surface area contributed by atoms with Gasteiger partial charge in [-0.3, -0.25) is 9.59 Å². The zero-order chi connectivity index (χ0) is 20.8. The Kier molecular flexibility index (Phi) is 6.90. The van der Waals surface area contributed by atoms with Gasteiger partial charge in [-0.25, -0.2) is 0 Å². The lowest BCUT2D eigenvalue weighted by atomic mass is 10.2. The molecular formula is C20H19ClN4O3S. The molecule has 0 unspecified atom stereocenters. The molecule has 1 N–H and O–H groups in total. The smallest absolute Gasteiger partial charge is 0.277 e. The number of aromatic nitrogens is 2. The molecule has 2 aromatic carbocycles. The van der Waals surface area contributed by atoms with E-state index in [0.29, 0.717) is 22.2 Å². The third kappa shape index (κ3) is 6.07. The van der Waals surface area contributed by atoms with Crippen LogP contribution in [-0.2, 0) is 9.59 Å². The maximum atomic E-state index is 12.3. The largest absolute Gasteiger partial charge is 0.411 e. The van der Waals surface area contributed by atoms with Crippen molar-refractivity contribution in [3.05, 3.63) is 59.1 Å². The number of rotatable bonds is 7. The summed E-state index contributed by atoms with van der Waals surface area (Å²) >= 11 is 7.07. The summed E-state index contributed by atoms with van der Waals surface area (Å²) in [7, 11) is 1.57. The second-order valence-corrected chi connectivity index (χ2v) is 7.70. The van der Waals surface area contributed by atoms with Gasteiger partial charge in [-0.05, 0) is 37.3 Å². The first-order valence-corrected chi connectivity index (χ1v) is 10.1. The first-order chi connectivity index (χ1) is 13.9. The van der Waals surface area contributed by atoms with Crippen LogP contribution in [0.1, 0.15) is 5.56 Å². The Morgan fingerprint density at radius 1 is 1.17 bits per heavy atom. The van der Waals surface area contributed by atoms with Gasteiger partial charge in [0.05, 0.1) is 12.3 Å². The number of likely N-dealkylation sites (N-methyl/N-ethyl adjacent to an activating group) is 1. The van der Waals surface area contributed by atoms with E-state index in [1.165, 1.54) is 4.90 Å². The monoisotopic (exact) mass is 430 g/mol. The fraction of sp³-hybridized carbons (Fsp3) is 0.200. The summed E-state index contributed by atoms with van der Waals surface area (Å²) in [4.78, 5) is 25.8. The third-order valence-corrected chi connectivity index (χ3v) is 4.98. The van der Waals surface area contributed by atoms with Crippen molar-refractivity contribution in [2.24, 2.45) is 0 Å². The van der Waals surface area contributed by atoms with Gasteiger partial charge in [0.1, 0.15) is 0 Å². The van der Waals surface area contributed by atoms with Gasteiger partial charge in [-0.15, -0.1) is 10.2 Å². The minimum atomic E-state index is -0.268. The first-order valence-electron chi connectivity index (χ1n) is 8.73. The number of carbonyl (C=O) groups excluding carboxylic acids is 2. The number of anilines is 1. The summed E-state index contributed by atoms with van der Waals surface area (Å²) in [5.41, 5.74) is 2.50. The average Bonchev–Trinajstić information content (AvgIpc) is 3.17. The van der Waals surface area contributed by atoms with Crippen LogP contribution in [0.5, 0.6) is 0 Å². The molecule has 0 atom stereocenters. The van der Waals surface area contributed by atoms with Crippen LogP contribution in [0.15, 0.2) is 58.2 Å². The van der Waals surface area contributed by atoms with Gasteiger partial charge >= 0.3 is 0 Å². The van der Waals surface area contributed by atoms with Crippen molar-refractivity contribution < 1.29 is 14.0 Å². The normalized spacial score (nSPS) is 10.6. The average molecular weight is 431 g/mol. The lowest BCUT2D eigenvalue weighted by Crippen LogP contribution is -2.35. The topological polar surface area (TPSA) is 88.3 Å². The maximum absolute atomic E-state index is 12.3. The molecule has 1 aromatic heterocycles. The van der Waals surface area contributed by atoms with Crippen molar-refractivity contribution in [2.45, 2.75) is 12.1 Å². The number of nitrogens with zero attached hydrogens (tertiary/aromatic N) is 3. The SMILES string of the molecule is Cc1ccc(NC(=O)CN(C)C(=O)CSc2nnc(-c3cccc(Cl)c3)o2)cc1. The summed E-state index contributed by atoms with van der Waals surface area (Å²) in [5, 5.41) is 11.5. The summed E-state index contributed by atoms with van der Waals surface area (Å²) < 4.78 is 5.56. The van der Waals surface area contributed by atoms with Crippen molar-refractivity contribution in [3.8, 4) is 11.5 Å². The summed E-state index contributed by atoms with van der Waals surface area (Å²) in [5.74, 6) is -0.0912. The number of carbonyl (C=O) groups is 2. The second kappa shape index (κ2) is 9.58. The van der Waals surface area contributed by atoms with Gasteiger partial charge < -0.3 is 14.6 Å². The molecule has 0 radical (unpaired) electrons. The second-order valence-electron chi connectivity index (χ2n) is 6.34. The highest BCUT2D eigenvalue weighted by atomic mass is 35.5. The summed E-state index contributed by atoms with van der Waals surface area (Å²) in [6.45, 7) is 1.92. The van der Waals surface area contributed by atoms with Gasteiger partial charge in [-0.1, -0.05) is 47.1 Å². The summed E-state index contributed by atoms with van der Waals surface area (Å²) in [6.07, 6.45) is 0. The zero-order valence-electron chi connectivity index (χ0n) is 15.9.